The van der Waals surface area contributed by atoms with Crippen molar-refractivity contribution in [1.82, 2.24) is 29.6 Å². The number of benzene rings is 1. The topological polar surface area (TPSA) is 60.9 Å². The third kappa shape index (κ3) is 2.03. The van der Waals surface area contributed by atoms with Crippen LogP contribution in [-0.4, -0.2) is 29.6 Å². The van der Waals surface area contributed by atoms with Crippen molar-refractivity contribution in [2.24, 2.45) is 0 Å². The van der Waals surface area contributed by atoms with E-state index in [1.54, 1.807) is 0 Å². The van der Waals surface area contributed by atoms with Gasteiger partial charge in [-0.2, -0.15) is 0 Å². The average molecular weight is 316 g/mol. The van der Waals surface area contributed by atoms with E-state index < -0.39 is 0 Å². The van der Waals surface area contributed by atoms with Gasteiger partial charge in [-0.05, 0) is 44.0 Å². The van der Waals surface area contributed by atoms with Crippen molar-refractivity contribution < 1.29 is 0 Å². The van der Waals surface area contributed by atoms with Crippen molar-refractivity contribution in [3.8, 4) is 17.2 Å². The summed E-state index contributed by atoms with van der Waals surface area (Å²) in [4.78, 5) is 0. The average Bonchev–Trinajstić information content (AvgIpc) is 3.21. The van der Waals surface area contributed by atoms with Crippen LogP contribution in [0.1, 0.15) is 30.0 Å². The summed E-state index contributed by atoms with van der Waals surface area (Å²) in [6.45, 7) is 2.08. The lowest BCUT2D eigenvalue weighted by molar-refractivity contribution is 0.763. The second-order valence-electron chi connectivity index (χ2n) is 6.30. The van der Waals surface area contributed by atoms with Gasteiger partial charge in [-0.3, -0.25) is 4.40 Å². The molecule has 0 amide bonds. The fourth-order valence-corrected chi connectivity index (χ4v) is 3.05. The molecule has 1 saturated carbocycles. The number of fused-ring (bicyclic) bond motifs is 1. The number of hydrogen-bond acceptors (Lipinski definition) is 4. The first-order valence-corrected chi connectivity index (χ1v) is 8.14. The van der Waals surface area contributed by atoms with Gasteiger partial charge in [-0.15, -0.1) is 15.3 Å². The fraction of sp³-hybridized carbons (Fsp3) is 0.222. The summed E-state index contributed by atoms with van der Waals surface area (Å²) in [5.41, 5.74) is 5.05. The predicted octanol–water partition coefficient (Wildman–Crippen LogP) is 3.16. The van der Waals surface area contributed by atoms with E-state index in [4.69, 9.17) is 0 Å². The first-order valence-electron chi connectivity index (χ1n) is 8.14. The molecule has 118 valence electrons. The summed E-state index contributed by atoms with van der Waals surface area (Å²) < 4.78 is 3.92. The van der Waals surface area contributed by atoms with Crippen LogP contribution in [0.2, 0.25) is 0 Å². The van der Waals surface area contributed by atoms with E-state index in [9.17, 15) is 0 Å². The van der Waals surface area contributed by atoms with E-state index in [1.165, 1.54) is 18.4 Å². The molecule has 0 bridgehead atoms. The Labute approximate surface area is 138 Å². The van der Waals surface area contributed by atoms with E-state index in [0.717, 1.165) is 28.5 Å². The smallest absolute Gasteiger partial charge is 0.190 e. The van der Waals surface area contributed by atoms with Gasteiger partial charge in [0.05, 0.1) is 11.4 Å². The number of rotatable bonds is 3. The Morgan fingerprint density at radius 1 is 0.958 bits per heavy atom. The Morgan fingerprint density at radius 3 is 2.58 bits per heavy atom. The third-order valence-corrected chi connectivity index (χ3v) is 4.47. The Bertz CT molecular complexity index is 1020. The molecule has 0 saturated heterocycles. The molecule has 6 heteroatoms. The molecule has 0 unspecified atom stereocenters. The molecule has 3 aromatic heterocycles. The third-order valence-electron chi connectivity index (χ3n) is 4.47. The van der Waals surface area contributed by atoms with Gasteiger partial charge in [0.1, 0.15) is 0 Å². The molecule has 1 fully saturated rings. The summed E-state index contributed by atoms with van der Waals surface area (Å²) in [6.07, 6.45) is 4.30. The van der Waals surface area contributed by atoms with E-state index >= 15 is 0 Å². The van der Waals surface area contributed by atoms with Crippen molar-refractivity contribution in [1.29, 1.82) is 0 Å². The van der Waals surface area contributed by atoms with Gasteiger partial charge >= 0.3 is 0 Å². The molecule has 4 aromatic rings. The molecule has 1 aliphatic rings. The standard InChI is InChI=1S/C18H16N6/c1-12-5-9-14(10-6-12)24-17(13-7-8-13)16(20-22-24)18-21-19-15-4-2-3-11-23(15)18/h2-6,9-11,13H,7-8H2,1H3. The van der Waals surface area contributed by atoms with Crippen LogP contribution in [0.3, 0.4) is 0 Å². The Balaban J connectivity index is 1.71. The van der Waals surface area contributed by atoms with Crippen LogP contribution in [0.5, 0.6) is 0 Å². The molecule has 3 heterocycles. The minimum absolute atomic E-state index is 0.493. The molecule has 6 nitrogen and oxygen atoms in total. The van der Waals surface area contributed by atoms with Gasteiger partial charge in [-0.25, -0.2) is 4.68 Å². The second-order valence-corrected chi connectivity index (χ2v) is 6.30. The minimum Gasteiger partial charge on any atom is -0.281 e. The summed E-state index contributed by atoms with van der Waals surface area (Å²) in [6, 6.07) is 14.2. The van der Waals surface area contributed by atoms with Crippen molar-refractivity contribution in [3.63, 3.8) is 0 Å². The lowest BCUT2D eigenvalue weighted by Crippen LogP contribution is -2.02. The fourth-order valence-electron chi connectivity index (χ4n) is 3.05. The van der Waals surface area contributed by atoms with Crippen molar-refractivity contribution >= 4 is 5.65 Å². The highest BCUT2D eigenvalue weighted by atomic mass is 15.4. The van der Waals surface area contributed by atoms with Crippen LogP contribution >= 0.6 is 0 Å². The highest BCUT2D eigenvalue weighted by Crippen LogP contribution is 2.44. The monoisotopic (exact) mass is 316 g/mol. The number of nitrogens with zero attached hydrogens (tertiary/aromatic N) is 6. The highest BCUT2D eigenvalue weighted by molar-refractivity contribution is 5.60. The zero-order chi connectivity index (χ0) is 16.1. The highest BCUT2D eigenvalue weighted by Gasteiger charge is 2.33. The molecule has 0 atom stereocenters. The molecule has 1 aromatic carbocycles. The first kappa shape index (κ1) is 13.4. The molecular formula is C18H16N6. The number of pyridine rings is 1. The zero-order valence-corrected chi connectivity index (χ0v) is 13.3. The van der Waals surface area contributed by atoms with Gasteiger partial charge < -0.3 is 0 Å². The van der Waals surface area contributed by atoms with Crippen molar-refractivity contribution in [3.05, 3.63) is 59.9 Å². The van der Waals surface area contributed by atoms with Crippen molar-refractivity contribution in [2.45, 2.75) is 25.7 Å². The Kier molecular flexibility index (Phi) is 2.79. The second kappa shape index (κ2) is 4.99. The molecule has 0 N–H and O–H groups in total. The SMILES string of the molecule is Cc1ccc(-n2nnc(-c3nnc4ccccn34)c2C2CC2)cc1. The van der Waals surface area contributed by atoms with Crippen molar-refractivity contribution in [2.75, 3.05) is 0 Å². The first-order chi connectivity index (χ1) is 11.8. The van der Waals surface area contributed by atoms with Crippen LogP contribution in [-0.2, 0) is 0 Å². The van der Waals surface area contributed by atoms with Crippen LogP contribution in [0.4, 0.5) is 0 Å². The van der Waals surface area contributed by atoms with Crippen LogP contribution in [0.25, 0.3) is 22.9 Å². The predicted molar refractivity (Wildman–Crippen MR) is 90.1 cm³/mol. The molecular weight excluding hydrogens is 300 g/mol. The maximum atomic E-state index is 4.46. The summed E-state index contributed by atoms with van der Waals surface area (Å²) in [5.74, 6) is 1.25. The Morgan fingerprint density at radius 2 is 1.79 bits per heavy atom. The maximum absolute atomic E-state index is 4.46. The largest absolute Gasteiger partial charge is 0.281 e. The van der Waals surface area contributed by atoms with Crippen LogP contribution < -0.4 is 0 Å². The molecule has 5 rings (SSSR count). The van der Waals surface area contributed by atoms with E-state index in [0.29, 0.717) is 5.92 Å². The number of hydrogen-bond donors (Lipinski definition) is 0. The maximum Gasteiger partial charge on any atom is 0.190 e. The van der Waals surface area contributed by atoms with Gasteiger partial charge in [0.15, 0.2) is 17.2 Å². The van der Waals surface area contributed by atoms with Crippen LogP contribution in [0.15, 0.2) is 48.7 Å². The van der Waals surface area contributed by atoms with E-state index in [1.807, 2.05) is 33.5 Å². The summed E-state index contributed by atoms with van der Waals surface area (Å²) >= 11 is 0. The number of aryl methyl sites for hydroxylation is 1. The molecule has 0 spiro atoms. The molecule has 24 heavy (non-hydrogen) atoms. The lowest BCUT2D eigenvalue weighted by Gasteiger charge is -2.07. The quantitative estimate of drug-likeness (QED) is 0.582. The molecule has 1 aliphatic carbocycles. The van der Waals surface area contributed by atoms with E-state index in [2.05, 4.69) is 51.7 Å². The Hall–Kier alpha value is -3.02. The van der Waals surface area contributed by atoms with Gasteiger partial charge in [0.25, 0.3) is 0 Å². The van der Waals surface area contributed by atoms with Crippen LogP contribution in [0, 0.1) is 6.92 Å². The van der Waals surface area contributed by atoms with E-state index in [-0.39, 0.29) is 0 Å². The summed E-state index contributed by atoms with van der Waals surface area (Å²) in [7, 11) is 0. The zero-order valence-electron chi connectivity index (χ0n) is 13.3. The van der Waals surface area contributed by atoms with Gasteiger partial charge in [-0.1, -0.05) is 29.0 Å². The molecule has 0 aliphatic heterocycles. The normalized spacial score (nSPS) is 14.4. The molecule has 0 radical (unpaired) electrons. The minimum atomic E-state index is 0.493. The van der Waals surface area contributed by atoms with Gasteiger partial charge in [0.2, 0.25) is 0 Å². The lowest BCUT2D eigenvalue weighted by atomic mass is 10.2. The summed E-state index contributed by atoms with van der Waals surface area (Å²) in [5, 5.41) is 17.5. The number of aromatic nitrogens is 6. The van der Waals surface area contributed by atoms with Gasteiger partial charge in [0, 0.05) is 12.1 Å².